The van der Waals surface area contributed by atoms with Crippen LogP contribution in [0.5, 0.6) is 0 Å². The monoisotopic (exact) mass is 287 g/mol. The van der Waals surface area contributed by atoms with E-state index < -0.39 is 0 Å². The van der Waals surface area contributed by atoms with Crippen molar-refractivity contribution in [2.75, 3.05) is 11.9 Å². The minimum absolute atomic E-state index is 0.103. The van der Waals surface area contributed by atoms with Crippen molar-refractivity contribution in [3.05, 3.63) is 31.0 Å². The molecule has 1 fully saturated rings. The van der Waals surface area contributed by atoms with E-state index in [2.05, 4.69) is 34.2 Å². The molecule has 0 aromatic carbocycles. The first kappa shape index (κ1) is 14.0. The number of rotatable bonds is 5. The molecule has 21 heavy (non-hydrogen) atoms. The highest BCUT2D eigenvalue weighted by molar-refractivity contribution is 5.57. The maximum atomic E-state index is 5.78. The Labute approximate surface area is 124 Å². The summed E-state index contributed by atoms with van der Waals surface area (Å²) in [6.07, 6.45) is 6.25. The van der Waals surface area contributed by atoms with E-state index in [1.165, 1.54) is 6.33 Å². The van der Waals surface area contributed by atoms with Crippen molar-refractivity contribution >= 4 is 5.69 Å². The summed E-state index contributed by atoms with van der Waals surface area (Å²) in [5.41, 5.74) is 1.07. The molecule has 2 atom stereocenters. The van der Waals surface area contributed by atoms with Gasteiger partial charge in [-0.3, -0.25) is 0 Å². The number of nitrogens with one attached hydrogen (secondary N) is 1. The zero-order chi connectivity index (χ0) is 14.9. The van der Waals surface area contributed by atoms with Gasteiger partial charge in [-0.1, -0.05) is 13.8 Å². The predicted octanol–water partition coefficient (Wildman–Crippen LogP) is 2.28. The van der Waals surface area contributed by atoms with Crippen LogP contribution in [0.15, 0.2) is 31.0 Å². The van der Waals surface area contributed by atoms with Crippen molar-refractivity contribution in [1.29, 1.82) is 0 Å². The maximum absolute atomic E-state index is 5.78. The maximum Gasteiger partial charge on any atom is 0.178 e. The lowest BCUT2D eigenvalue weighted by molar-refractivity contribution is -0.0976. The Morgan fingerprint density at radius 3 is 3.00 bits per heavy atom. The summed E-state index contributed by atoms with van der Waals surface area (Å²) in [5, 5.41) is 7.74. The Kier molecular flexibility index (Phi) is 3.63. The Morgan fingerprint density at radius 2 is 2.33 bits per heavy atom. The Hall–Kier alpha value is -1.95. The van der Waals surface area contributed by atoms with E-state index in [9.17, 15) is 0 Å². The molecule has 2 aromatic heterocycles. The van der Waals surface area contributed by atoms with Gasteiger partial charge < -0.3 is 10.1 Å². The summed E-state index contributed by atoms with van der Waals surface area (Å²) in [4.78, 5) is 8.38. The number of nitrogens with zero attached hydrogens (tertiary/aromatic N) is 4. The predicted molar refractivity (Wildman–Crippen MR) is 80.4 cm³/mol. The van der Waals surface area contributed by atoms with Gasteiger partial charge in [0.25, 0.3) is 0 Å². The molecule has 1 N–H and O–H groups in total. The van der Waals surface area contributed by atoms with E-state index in [1.807, 2.05) is 19.1 Å². The van der Waals surface area contributed by atoms with Gasteiger partial charge in [-0.15, -0.1) is 0 Å². The van der Waals surface area contributed by atoms with Crippen LogP contribution >= 0.6 is 0 Å². The molecule has 0 aliphatic heterocycles. The van der Waals surface area contributed by atoms with Crippen LogP contribution in [0.2, 0.25) is 0 Å². The zero-order valence-corrected chi connectivity index (χ0v) is 12.7. The Morgan fingerprint density at radius 1 is 1.48 bits per heavy atom. The second-order valence-electron chi connectivity index (χ2n) is 5.91. The summed E-state index contributed by atoms with van der Waals surface area (Å²) < 4.78 is 7.45. The molecule has 6 heteroatoms. The third kappa shape index (κ3) is 2.51. The molecule has 0 bridgehead atoms. The quantitative estimate of drug-likeness (QED) is 0.914. The molecular formula is C15H21N5O. The van der Waals surface area contributed by atoms with E-state index in [0.29, 0.717) is 12.1 Å². The van der Waals surface area contributed by atoms with E-state index in [1.54, 1.807) is 17.2 Å². The van der Waals surface area contributed by atoms with Gasteiger partial charge in [0.15, 0.2) is 5.82 Å². The van der Waals surface area contributed by atoms with Crippen molar-refractivity contribution < 1.29 is 4.74 Å². The minimum atomic E-state index is 0.103. The van der Waals surface area contributed by atoms with Gasteiger partial charge in [0.05, 0.1) is 11.8 Å². The first-order valence-corrected chi connectivity index (χ1v) is 7.31. The number of hydrogen-bond donors (Lipinski definition) is 1. The van der Waals surface area contributed by atoms with E-state index in [-0.39, 0.29) is 5.41 Å². The number of ether oxygens (including phenoxy) is 1. The van der Waals surface area contributed by atoms with Crippen molar-refractivity contribution in [2.45, 2.75) is 39.3 Å². The van der Waals surface area contributed by atoms with Crippen LogP contribution in [0.1, 0.15) is 27.2 Å². The average molecular weight is 287 g/mol. The van der Waals surface area contributed by atoms with E-state index in [4.69, 9.17) is 4.74 Å². The Bertz CT molecular complexity index is 596. The van der Waals surface area contributed by atoms with Crippen LogP contribution in [-0.2, 0) is 4.74 Å². The van der Waals surface area contributed by atoms with Crippen LogP contribution in [0.3, 0.4) is 0 Å². The fraction of sp³-hybridized carbons (Fsp3) is 0.533. The van der Waals surface area contributed by atoms with E-state index >= 15 is 0 Å². The van der Waals surface area contributed by atoms with Gasteiger partial charge in [-0.05, 0) is 25.5 Å². The Balaban J connectivity index is 1.78. The number of hydrogen-bond acceptors (Lipinski definition) is 5. The summed E-state index contributed by atoms with van der Waals surface area (Å²) in [5.74, 6) is 0.769. The molecule has 2 aromatic rings. The molecule has 0 spiro atoms. The number of anilines is 1. The number of pyridine rings is 1. The minimum Gasteiger partial charge on any atom is -0.379 e. The highest BCUT2D eigenvalue weighted by atomic mass is 16.5. The molecule has 112 valence electrons. The van der Waals surface area contributed by atoms with Crippen LogP contribution in [0.4, 0.5) is 5.69 Å². The summed E-state index contributed by atoms with van der Waals surface area (Å²) in [6, 6.07) is 4.31. The normalized spacial score (nSPS) is 23.6. The molecular weight excluding hydrogens is 266 g/mol. The third-order valence-corrected chi connectivity index (χ3v) is 4.30. The molecule has 1 saturated carbocycles. The second-order valence-corrected chi connectivity index (χ2v) is 5.91. The van der Waals surface area contributed by atoms with Gasteiger partial charge in [-0.25, -0.2) is 14.6 Å². The molecule has 0 radical (unpaired) electrons. The molecule has 0 amide bonds. The first-order chi connectivity index (χ1) is 10.1. The lowest BCUT2D eigenvalue weighted by atomic mass is 9.64. The van der Waals surface area contributed by atoms with Crippen LogP contribution in [-0.4, -0.2) is 38.5 Å². The summed E-state index contributed by atoms with van der Waals surface area (Å²) >= 11 is 0. The molecule has 2 heterocycles. The highest BCUT2D eigenvalue weighted by Gasteiger charge is 2.49. The second kappa shape index (κ2) is 5.44. The van der Waals surface area contributed by atoms with Crippen molar-refractivity contribution in [3.63, 3.8) is 0 Å². The largest absolute Gasteiger partial charge is 0.379 e. The molecule has 1 aliphatic rings. The SMILES string of the molecule is CCOC1CC(Nc2cccnc2-n2cncn2)C1(C)C. The van der Waals surface area contributed by atoms with Gasteiger partial charge in [0.1, 0.15) is 12.7 Å². The zero-order valence-electron chi connectivity index (χ0n) is 12.7. The van der Waals surface area contributed by atoms with Gasteiger partial charge >= 0.3 is 0 Å². The lowest BCUT2D eigenvalue weighted by Gasteiger charge is -2.52. The summed E-state index contributed by atoms with van der Waals surface area (Å²) in [7, 11) is 0. The van der Waals surface area contributed by atoms with Gasteiger partial charge in [-0.2, -0.15) is 5.10 Å². The molecule has 6 nitrogen and oxygen atoms in total. The number of aromatic nitrogens is 4. The van der Waals surface area contributed by atoms with Crippen LogP contribution in [0.25, 0.3) is 5.82 Å². The van der Waals surface area contributed by atoms with E-state index in [0.717, 1.165) is 24.5 Å². The average Bonchev–Trinajstić information content (AvgIpc) is 3.01. The van der Waals surface area contributed by atoms with Gasteiger partial charge in [0, 0.05) is 24.3 Å². The standard InChI is InChI=1S/C15H21N5O/c1-4-21-13-8-12(15(13,2)3)19-11-6-5-7-17-14(11)20-10-16-9-18-20/h5-7,9-10,12-13,19H,4,8H2,1-3H3. The lowest BCUT2D eigenvalue weighted by Crippen LogP contribution is -2.58. The highest BCUT2D eigenvalue weighted by Crippen LogP contribution is 2.44. The fourth-order valence-electron chi connectivity index (χ4n) is 2.81. The van der Waals surface area contributed by atoms with Crippen LogP contribution in [0, 0.1) is 5.41 Å². The molecule has 3 rings (SSSR count). The van der Waals surface area contributed by atoms with Crippen molar-refractivity contribution in [2.24, 2.45) is 5.41 Å². The van der Waals surface area contributed by atoms with Crippen molar-refractivity contribution in [1.82, 2.24) is 19.7 Å². The molecule has 1 aliphatic carbocycles. The summed E-state index contributed by atoms with van der Waals surface area (Å²) in [6.45, 7) is 7.28. The smallest absolute Gasteiger partial charge is 0.178 e. The fourth-order valence-corrected chi connectivity index (χ4v) is 2.81. The van der Waals surface area contributed by atoms with Crippen molar-refractivity contribution in [3.8, 4) is 5.82 Å². The topological polar surface area (TPSA) is 64.9 Å². The third-order valence-electron chi connectivity index (χ3n) is 4.30. The first-order valence-electron chi connectivity index (χ1n) is 7.31. The molecule has 2 unspecified atom stereocenters. The van der Waals surface area contributed by atoms with Crippen LogP contribution < -0.4 is 5.32 Å². The van der Waals surface area contributed by atoms with Gasteiger partial charge in [0.2, 0.25) is 0 Å². The molecule has 0 saturated heterocycles.